The van der Waals surface area contributed by atoms with E-state index >= 15 is 0 Å². The number of ether oxygens (including phenoxy) is 1. The Morgan fingerprint density at radius 1 is 1.14 bits per heavy atom. The largest absolute Gasteiger partial charge is 0.487 e. The minimum absolute atomic E-state index is 0.0842. The number of aromatic nitrogens is 3. The van der Waals surface area contributed by atoms with Crippen molar-refractivity contribution < 1.29 is 14.6 Å². The zero-order chi connectivity index (χ0) is 19.7. The number of aryl methyl sites for hydroxylation is 1. The monoisotopic (exact) mass is 395 g/mol. The van der Waals surface area contributed by atoms with Gasteiger partial charge in [-0.25, -0.2) is 0 Å². The third-order valence-corrected chi connectivity index (χ3v) is 4.81. The van der Waals surface area contributed by atoms with E-state index in [-0.39, 0.29) is 6.54 Å². The smallest absolute Gasteiger partial charge is 0.323 e. The zero-order valence-corrected chi connectivity index (χ0v) is 15.9. The van der Waals surface area contributed by atoms with Crippen molar-refractivity contribution in [1.29, 1.82) is 0 Å². The summed E-state index contributed by atoms with van der Waals surface area (Å²) in [5, 5.41) is 15.2. The normalized spacial score (nSPS) is 11.1. The van der Waals surface area contributed by atoms with Crippen LogP contribution in [0.3, 0.4) is 0 Å². The molecule has 28 heavy (non-hydrogen) atoms. The second-order valence-corrected chi connectivity index (χ2v) is 6.93. The first kappa shape index (κ1) is 18.1. The van der Waals surface area contributed by atoms with Crippen LogP contribution in [0.5, 0.6) is 5.75 Å². The van der Waals surface area contributed by atoms with Crippen LogP contribution in [-0.2, 0) is 25.0 Å². The number of hydrogen-bond acceptors (Lipinski definition) is 3. The van der Waals surface area contributed by atoms with Gasteiger partial charge in [0.1, 0.15) is 18.9 Å². The maximum absolute atomic E-state index is 11.0. The molecule has 0 radical (unpaired) electrons. The third kappa shape index (κ3) is 3.73. The fourth-order valence-corrected chi connectivity index (χ4v) is 3.22. The molecule has 2 aromatic carbocycles. The maximum Gasteiger partial charge on any atom is 0.323 e. The molecule has 0 spiro atoms. The number of fused-ring (bicyclic) bond motifs is 1. The Hall–Kier alpha value is -3.25. The molecule has 2 heterocycles. The Morgan fingerprint density at radius 2 is 1.93 bits per heavy atom. The van der Waals surface area contributed by atoms with Gasteiger partial charge in [-0.05, 0) is 41.8 Å². The van der Waals surface area contributed by atoms with Crippen LogP contribution in [0.25, 0.3) is 22.2 Å². The summed E-state index contributed by atoms with van der Waals surface area (Å²) in [6, 6.07) is 17.1. The molecule has 0 saturated carbocycles. The molecular weight excluding hydrogens is 378 g/mol. The minimum atomic E-state index is -0.881. The number of hydrogen-bond donors (Lipinski definition) is 1. The summed E-state index contributed by atoms with van der Waals surface area (Å²) >= 11 is 5.95. The molecule has 7 heteroatoms. The van der Waals surface area contributed by atoms with Gasteiger partial charge in [0.2, 0.25) is 0 Å². The number of rotatable bonds is 6. The lowest BCUT2D eigenvalue weighted by Crippen LogP contribution is -2.07. The topological polar surface area (TPSA) is 69.3 Å². The zero-order valence-electron chi connectivity index (χ0n) is 15.2. The van der Waals surface area contributed by atoms with Crippen LogP contribution in [0.15, 0.2) is 60.8 Å². The predicted molar refractivity (Wildman–Crippen MR) is 108 cm³/mol. The highest BCUT2D eigenvalue weighted by Gasteiger charge is 2.10. The summed E-state index contributed by atoms with van der Waals surface area (Å²) < 4.78 is 9.41. The number of benzene rings is 2. The molecule has 142 valence electrons. The van der Waals surface area contributed by atoms with Crippen LogP contribution in [0, 0.1) is 0 Å². The Morgan fingerprint density at radius 3 is 2.68 bits per heavy atom. The number of halogens is 1. The number of nitrogens with zero attached hydrogens (tertiary/aromatic N) is 3. The molecule has 0 aliphatic carbocycles. The quantitative estimate of drug-likeness (QED) is 0.526. The second kappa shape index (κ2) is 7.40. The standard InChI is InChI=1S/C21H18ClN3O3/c1-24-17(10-19(23-24)14-2-5-16(22)6-3-14)13-28-18-7-4-15-8-9-25(12-21(26)27)20(15)11-18/h2-11H,12-13H2,1H3,(H,26,27). The van der Waals surface area contributed by atoms with Crippen LogP contribution in [0.2, 0.25) is 5.02 Å². The molecule has 0 aliphatic rings. The average molecular weight is 396 g/mol. The number of aliphatic carboxylic acids is 1. The Balaban J connectivity index is 1.53. The van der Waals surface area contributed by atoms with Crippen molar-refractivity contribution in [3.63, 3.8) is 0 Å². The van der Waals surface area contributed by atoms with Gasteiger partial charge in [-0.1, -0.05) is 23.7 Å². The van der Waals surface area contributed by atoms with Gasteiger partial charge in [0.25, 0.3) is 0 Å². The second-order valence-electron chi connectivity index (χ2n) is 6.50. The fourth-order valence-electron chi connectivity index (χ4n) is 3.10. The summed E-state index contributed by atoms with van der Waals surface area (Å²) in [4.78, 5) is 11.0. The molecule has 0 amide bonds. The number of carboxylic acids is 1. The van der Waals surface area contributed by atoms with Gasteiger partial charge in [-0.15, -0.1) is 0 Å². The van der Waals surface area contributed by atoms with E-state index in [4.69, 9.17) is 21.4 Å². The maximum atomic E-state index is 11.0. The molecule has 0 aliphatic heterocycles. The van der Waals surface area contributed by atoms with Crippen LogP contribution < -0.4 is 4.74 Å². The van der Waals surface area contributed by atoms with Gasteiger partial charge < -0.3 is 14.4 Å². The van der Waals surface area contributed by atoms with Gasteiger partial charge >= 0.3 is 5.97 Å². The number of carbonyl (C=O) groups is 1. The van der Waals surface area contributed by atoms with Crippen molar-refractivity contribution in [3.05, 3.63) is 71.5 Å². The molecule has 4 rings (SSSR count). The van der Waals surface area contributed by atoms with Gasteiger partial charge in [0.05, 0.1) is 16.9 Å². The molecule has 0 unspecified atom stereocenters. The van der Waals surface area contributed by atoms with E-state index in [0.29, 0.717) is 17.4 Å². The first-order chi connectivity index (χ1) is 13.5. The highest BCUT2D eigenvalue weighted by Crippen LogP contribution is 2.24. The molecule has 0 bridgehead atoms. The molecule has 2 aromatic heterocycles. The van der Waals surface area contributed by atoms with Crippen LogP contribution in [0.1, 0.15) is 5.69 Å². The van der Waals surface area contributed by atoms with Gasteiger partial charge in [0, 0.05) is 29.9 Å². The van der Waals surface area contributed by atoms with Gasteiger partial charge in [-0.3, -0.25) is 9.48 Å². The summed E-state index contributed by atoms with van der Waals surface area (Å²) in [7, 11) is 1.87. The molecule has 0 atom stereocenters. The lowest BCUT2D eigenvalue weighted by Gasteiger charge is -2.08. The third-order valence-electron chi connectivity index (χ3n) is 4.55. The van der Waals surface area contributed by atoms with E-state index < -0.39 is 5.97 Å². The molecule has 0 saturated heterocycles. The minimum Gasteiger partial charge on any atom is -0.487 e. The van der Waals surface area contributed by atoms with Crippen molar-refractivity contribution in [3.8, 4) is 17.0 Å². The van der Waals surface area contributed by atoms with Crippen molar-refractivity contribution in [2.45, 2.75) is 13.2 Å². The van der Waals surface area contributed by atoms with Gasteiger partial charge in [0.15, 0.2) is 0 Å². The average Bonchev–Trinajstić information content (AvgIpc) is 3.23. The van der Waals surface area contributed by atoms with Crippen molar-refractivity contribution in [2.75, 3.05) is 0 Å². The number of carboxylic acid groups (broad SMARTS) is 1. The Labute approximate surface area is 166 Å². The van der Waals surface area contributed by atoms with Gasteiger partial charge in [-0.2, -0.15) is 5.10 Å². The molecule has 1 N–H and O–H groups in total. The first-order valence-corrected chi connectivity index (χ1v) is 9.10. The lowest BCUT2D eigenvalue weighted by atomic mass is 10.1. The van der Waals surface area contributed by atoms with E-state index in [2.05, 4.69) is 5.10 Å². The highest BCUT2D eigenvalue weighted by molar-refractivity contribution is 6.30. The predicted octanol–water partition coefficient (Wildman–Crippen LogP) is 4.36. The van der Waals surface area contributed by atoms with Crippen LogP contribution in [0.4, 0.5) is 0 Å². The van der Waals surface area contributed by atoms with E-state index in [9.17, 15) is 4.79 Å². The van der Waals surface area contributed by atoms with Crippen molar-refractivity contribution in [2.24, 2.45) is 7.05 Å². The van der Waals surface area contributed by atoms with Crippen molar-refractivity contribution >= 4 is 28.5 Å². The van der Waals surface area contributed by atoms with Crippen LogP contribution >= 0.6 is 11.6 Å². The Bertz CT molecular complexity index is 1150. The van der Waals surface area contributed by atoms with Crippen LogP contribution in [-0.4, -0.2) is 25.4 Å². The summed E-state index contributed by atoms with van der Waals surface area (Å²) in [6.07, 6.45) is 1.77. The molecule has 4 aromatic rings. The molecular formula is C21H18ClN3O3. The van der Waals surface area contributed by atoms with E-state index in [1.54, 1.807) is 15.4 Å². The van der Waals surface area contributed by atoms with Crippen molar-refractivity contribution in [1.82, 2.24) is 14.3 Å². The highest BCUT2D eigenvalue weighted by atomic mass is 35.5. The first-order valence-electron chi connectivity index (χ1n) is 8.72. The summed E-state index contributed by atoms with van der Waals surface area (Å²) in [5.74, 6) is -0.208. The molecule has 6 nitrogen and oxygen atoms in total. The Kier molecular flexibility index (Phi) is 4.79. The fraction of sp³-hybridized carbons (Fsp3) is 0.143. The lowest BCUT2D eigenvalue weighted by molar-refractivity contribution is -0.137. The summed E-state index contributed by atoms with van der Waals surface area (Å²) in [5.41, 5.74) is 3.58. The summed E-state index contributed by atoms with van der Waals surface area (Å²) in [6.45, 7) is 0.265. The van der Waals surface area contributed by atoms with E-state index in [1.807, 2.05) is 61.6 Å². The molecule has 0 fully saturated rings. The van der Waals surface area contributed by atoms with E-state index in [1.165, 1.54) is 0 Å². The van der Waals surface area contributed by atoms with E-state index in [0.717, 1.165) is 27.9 Å². The SMILES string of the molecule is Cn1nc(-c2ccc(Cl)cc2)cc1COc1ccc2ccn(CC(=O)O)c2c1.